The Morgan fingerprint density at radius 1 is 0.971 bits per heavy atom. The molecule has 5 rings (SSSR count). The van der Waals surface area contributed by atoms with Crippen molar-refractivity contribution in [2.75, 3.05) is 5.32 Å². The molecule has 1 saturated carbocycles. The summed E-state index contributed by atoms with van der Waals surface area (Å²) >= 11 is 1.63. The van der Waals surface area contributed by atoms with Gasteiger partial charge in [-0.3, -0.25) is 9.59 Å². The Morgan fingerprint density at radius 3 is 2.26 bits per heavy atom. The van der Waals surface area contributed by atoms with E-state index in [1.165, 1.54) is 5.56 Å². The summed E-state index contributed by atoms with van der Waals surface area (Å²) in [5.41, 5.74) is 4.91. The summed E-state index contributed by atoms with van der Waals surface area (Å²) in [7, 11) is 0. The molecule has 4 aromatic rings. The molecule has 0 aliphatic heterocycles. The number of hydrogen-bond acceptors (Lipinski definition) is 5. The fourth-order valence-corrected chi connectivity index (χ4v) is 5.72. The van der Waals surface area contributed by atoms with E-state index in [2.05, 4.69) is 29.4 Å². The number of aliphatic carboxylic acids is 1. The zero-order valence-electron chi connectivity index (χ0n) is 19.0. The van der Waals surface area contributed by atoms with Crippen LogP contribution in [0, 0.1) is 12.3 Å². The molecule has 2 N–H and O–H groups in total. The average molecular weight is 471 g/mol. The van der Waals surface area contributed by atoms with Crippen molar-refractivity contribution in [3.05, 3.63) is 77.9 Å². The van der Waals surface area contributed by atoms with Crippen LogP contribution in [0.5, 0.6) is 0 Å². The smallest absolute Gasteiger partial charge is 0.310 e. The van der Waals surface area contributed by atoms with Crippen LogP contribution < -0.4 is 5.32 Å². The van der Waals surface area contributed by atoms with E-state index >= 15 is 0 Å². The molecule has 34 heavy (non-hydrogen) atoms. The van der Waals surface area contributed by atoms with E-state index in [0.717, 1.165) is 45.0 Å². The van der Waals surface area contributed by atoms with E-state index in [1.54, 1.807) is 23.5 Å². The fourth-order valence-electron chi connectivity index (χ4n) is 4.73. The van der Waals surface area contributed by atoms with Crippen LogP contribution in [0.4, 0.5) is 10.8 Å². The number of rotatable bonds is 7. The predicted octanol–water partition coefficient (Wildman–Crippen LogP) is 7.23. The zero-order chi connectivity index (χ0) is 23.7. The molecule has 0 saturated heterocycles. The van der Waals surface area contributed by atoms with Gasteiger partial charge in [-0.05, 0) is 60.7 Å². The number of nitrogens with one attached hydrogen (secondary N) is 1. The number of anilines is 2. The van der Waals surface area contributed by atoms with Crippen LogP contribution in [0.25, 0.3) is 21.3 Å². The number of carboxylic acid groups (broad SMARTS) is 1. The second-order valence-corrected chi connectivity index (χ2v) is 10.2. The SMILES string of the molecule is Cc1ccc2nc(Nc3ccc(-c4ccc(C(=O)CC5(C(=O)O)CCCC5)cc4)cc3)sc2c1. The van der Waals surface area contributed by atoms with Crippen molar-refractivity contribution in [3.8, 4) is 11.1 Å². The van der Waals surface area contributed by atoms with Gasteiger partial charge in [0.05, 0.1) is 15.6 Å². The van der Waals surface area contributed by atoms with E-state index in [4.69, 9.17) is 0 Å². The first kappa shape index (κ1) is 22.3. The number of aromatic nitrogens is 1. The van der Waals surface area contributed by atoms with Crippen LogP contribution in [-0.2, 0) is 4.79 Å². The third-order valence-electron chi connectivity index (χ3n) is 6.73. The first-order valence-corrected chi connectivity index (χ1v) is 12.3. The minimum atomic E-state index is -0.888. The molecule has 0 bridgehead atoms. The molecule has 0 unspecified atom stereocenters. The van der Waals surface area contributed by atoms with Gasteiger partial charge in [0.15, 0.2) is 10.9 Å². The number of thiazole rings is 1. The quantitative estimate of drug-likeness (QED) is 0.278. The van der Waals surface area contributed by atoms with Crippen molar-refractivity contribution < 1.29 is 14.7 Å². The van der Waals surface area contributed by atoms with Crippen molar-refractivity contribution in [2.24, 2.45) is 5.41 Å². The number of Topliss-reactive ketones (excluding diaryl/α,β-unsaturated/α-hetero) is 1. The van der Waals surface area contributed by atoms with E-state index in [-0.39, 0.29) is 12.2 Å². The van der Waals surface area contributed by atoms with Crippen molar-refractivity contribution in [1.82, 2.24) is 4.98 Å². The van der Waals surface area contributed by atoms with Gasteiger partial charge < -0.3 is 10.4 Å². The van der Waals surface area contributed by atoms with Gasteiger partial charge in [-0.25, -0.2) is 4.98 Å². The number of carbonyl (C=O) groups is 2. The summed E-state index contributed by atoms with van der Waals surface area (Å²) in [5.74, 6) is -0.939. The van der Waals surface area contributed by atoms with Gasteiger partial charge in [0.1, 0.15) is 0 Å². The largest absolute Gasteiger partial charge is 0.481 e. The lowest BCUT2D eigenvalue weighted by atomic mass is 9.80. The van der Waals surface area contributed by atoms with Crippen LogP contribution in [0.3, 0.4) is 0 Å². The van der Waals surface area contributed by atoms with Gasteiger partial charge in [-0.15, -0.1) is 0 Å². The maximum Gasteiger partial charge on any atom is 0.310 e. The Balaban J connectivity index is 1.27. The molecule has 172 valence electrons. The molecule has 0 radical (unpaired) electrons. The van der Waals surface area contributed by atoms with E-state index < -0.39 is 11.4 Å². The molecular formula is C28H26N2O3S. The van der Waals surface area contributed by atoms with Gasteiger partial charge in [0, 0.05) is 17.7 Å². The minimum Gasteiger partial charge on any atom is -0.481 e. The number of aryl methyl sites for hydroxylation is 1. The van der Waals surface area contributed by atoms with Crippen LogP contribution in [0.1, 0.15) is 48.0 Å². The maximum absolute atomic E-state index is 12.8. The summed E-state index contributed by atoms with van der Waals surface area (Å²) in [6, 6.07) is 21.8. The number of carbonyl (C=O) groups excluding carboxylic acids is 1. The molecule has 1 aliphatic carbocycles. The highest BCUT2D eigenvalue weighted by Gasteiger charge is 2.42. The van der Waals surface area contributed by atoms with Crippen molar-refractivity contribution >= 4 is 44.1 Å². The summed E-state index contributed by atoms with van der Waals surface area (Å²) in [6.45, 7) is 2.08. The standard InChI is InChI=1S/C28H26N2O3S/c1-18-4-13-23-25(16-18)34-27(30-23)29-22-11-9-20(10-12-22)19-5-7-21(8-6-19)24(31)17-28(26(32)33)14-2-3-15-28/h4-13,16H,2-3,14-15,17H2,1H3,(H,29,30)(H,32,33). The maximum atomic E-state index is 12.8. The van der Waals surface area contributed by atoms with Gasteiger partial charge in [0.25, 0.3) is 0 Å². The molecule has 1 aliphatic rings. The minimum absolute atomic E-state index is 0.0768. The lowest BCUT2D eigenvalue weighted by molar-refractivity contribution is -0.148. The summed E-state index contributed by atoms with van der Waals surface area (Å²) < 4.78 is 1.16. The third-order valence-corrected chi connectivity index (χ3v) is 7.67. The van der Waals surface area contributed by atoms with Crippen LogP contribution >= 0.6 is 11.3 Å². The number of nitrogens with zero attached hydrogens (tertiary/aromatic N) is 1. The van der Waals surface area contributed by atoms with Gasteiger partial charge in [-0.1, -0.05) is 66.6 Å². The van der Waals surface area contributed by atoms with Gasteiger partial charge in [0.2, 0.25) is 0 Å². The first-order chi connectivity index (χ1) is 16.4. The Labute approximate surface area is 202 Å². The highest BCUT2D eigenvalue weighted by atomic mass is 32.1. The summed E-state index contributed by atoms with van der Waals surface area (Å²) in [4.78, 5) is 29.2. The van der Waals surface area contributed by atoms with Crippen LogP contribution in [0.2, 0.25) is 0 Å². The Kier molecular flexibility index (Phi) is 5.92. The van der Waals surface area contributed by atoms with E-state index in [9.17, 15) is 14.7 Å². The van der Waals surface area contributed by atoms with Crippen LogP contribution in [-0.4, -0.2) is 21.8 Å². The second-order valence-electron chi connectivity index (χ2n) is 9.16. The predicted molar refractivity (Wildman–Crippen MR) is 137 cm³/mol. The van der Waals surface area contributed by atoms with Gasteiger partial charge in [-0.2, -0.15) is 0 Å². The normalized spacial score (nSPS) is 14.9. The molecular weight excluding hydrogens is 444 g/mol. The molecule has 0 atom stereocenters. The Bertz CT molecular complexity index is 1350. The van der Waals surface area contributed by atoms with Crippen molar-refractivity contribution in [1.29, 1.82) is 0 Å². The average Bonchev–Trinajstić information content (AvgIpc) is 3.47. The number of hydrogen-bond donors (Lipinski definition) is 2. The Morgan fingerprint density at radius 2 is 1.62 bits per heavy atom. The second kappa shape index (κ2) is 9.03. The topological polar surface area (TPSA) is 79.3 Å². The molecule has 1 aromatic heterocycles. The molecule has 6 heteroatoms. The van der Waals surface area contributed by atoms with Crippen molar-refractivity contribution in [2.45, 2.75) is 39.0 Å². The lowest BCUT2D eigenvalue weighted by Gasteiger charge is -2.22. The first-order valence-electron chi connectivity index (χ1n) is 11.5. The van der Waals surface area contributed by atoms with E-state index in [0.29, 0.717) is 18.4 Å². The van der Waals surface area contributed by atoms with Crippen LogP contribution in [0.15, 0.2) is 66.7 Å². The molecule has 0 amide bonds. The highest BCUT2D eigenvalue weighted by Crippen LogP contribution is 2.42. The van der Waals surface area contributed by atoms with Gasteiger partial charge >= 0.3 is 5.97 Å². The lowest BCUT2D eigenvalue weighted by Crippen LogP contribution is -2.30. The summed E-state index contributed by atoms with van der Waals surface area (Å²) in [5, 5.41) is 13.9. The number of fused-ring (bicyclic) bond motifs is 1. The van der Waals surface area contributed by atoms with Crippen molar-refractivity contribution in [3.63, 3.8) is 0 Å². The molecule has 0 spiro atoms. The molecule has 5 nitrogen and oxygen atoms in total. The van der Waals surface area contributed by atoms with E-state index in [1.807, 2.05) is 42.5 Å². The molecule has 1 heterocycles. The Hall–Kier alpha value is -3.51. The highest BCUT2D eigenvalue weighted by molar-refractivity contribution is 7.22. The fraction of sp³-hybridized carbons (Fsp3) is 0.250. The third kappa shape index (κ3) is 4.46. The number of carboxylic acids is 1. The number of ketones is 1. The summed E-state index contributed by atoms with van der Waals surface area (Å²) in [6.07, 6.45) is 3.00. The zero-order valence-corrected chi connectivity index (χ0v) is 19.8. The number of benzene rings is 3. The molecule has 3 aromatic carbocycles. The molecule has 1 fully saturated rings. The monoisotopic (exact) mass is 470 g/mol.